The third-order valence-electron chi connectivity index (χ3n) is 3.09. The largest absolute Gasteiger partial charge is 0.348 e. The fourth-order valence-corrected chi connectivity index (χ4v) is 3.40. The van der Waals surface area contributed by atoms with Gasteiger partial charge in [0.25, 0.3) is 5.56 Å². The number of aromatic nitrogens is 3. The van der Waals surface area contributed by atoms with Gasteiger partial charge in [-0.25, -0.2) is 4.79 Å². The van der Waals surface area contributed by atoms with E-state index in [0.29, 0.717) is 11.0 Å². The van der Waals surface area contributed by atoms with Crippen LogP contribution in [0.5, 0.6) is 0 Å². The number of hydrogen-bond acceptors (Lipinski definition) is 3. The van der Waals surface area contributed by atoms with E-state index < -0.39 is 0 Å². The molecular formula is C12H10BrN3O2S. The van der Waals surface area contributed by atoms with Gasteiger partial charge in [0.15, 0.2) is 0 Å². The minimum atomic E-state index is -0.324. The Morgan fingerprint density at radius 2 is 1.95 bits per heavy atom. The molecule has 1 N–H and O–H groups in total. The summed E-state index contributed by atoms with van der Waals surface area (Å²) in [6.07, 6.45) is 0. The van der Waals surface area contributed by atoms with Crippen molar-refractivity contribution < 1.29 is 0 Å². The van der Waals surface area contributed by atoms with Gasteiger partial charge in [0.2, 0.25) is 0 Å². The van der Waals surface area contributed by atoms with Gasteiger partial charge in [0.05, 0.1) is 19.9 Å². The zero-order valence-corrected chi connectivity index (χ0v) is 12.6. The molecule has 0 bridgehead atoms. The Morgan fingerprint density at radius 1 is 1.21 bits per heavy atom. The lowest BCUT2D eigenvalue weighted by molar-refractivity contribution is 0.713. The van der Waals surface area contributed by atoms with Gasteiger partial charge in [0.1, 0.15) is 5.52 Å². The molecule has 0 aliphatic rings. The fraction of sp³-hybridized carbons (Fsp3) is 0.167. The van der Waals surface area contributed by atoms with Crippen LogP contribution in [0.25, 0.3) is 21.6 Å². The Labute approximate surface area is 120 Å². The molecule has 98 valence electrons. The van der Waals surface area contributed by atoms with Gasteiger partial charge in [-0.15, -0.1) is 11.3 Å². The molecule has 7 heteroatoms. The Morgan fingerprint density at radius 3 is 2.58 bits per heavy atom. The Hall–Kier alpha value is -1.60. The maximum absolute atomic E-state index is 12.1. The Kier molecular flexibility index (Phi) is 2.75. The average Bonchev–Trinajstić information content (AvgIpc) is 3.00. The van der Waals surface area contributed by atoms with E-state index in [9.17, 15) is 9.59 Å². The van der Waals surface area contributed by atoms with E-state index in [1.54, 1.807) is 18.4 Å². The van der Waals surface area contributed by atoms with Gasteiger partial charge in [-0.3, -0.25) is 13.9 Å². The number of hydrogen-bond donors (Lipinski definition) is 1. The highest BCUT2D eigenvalue weighted by Gasteiger charge is 2.13. The van der Waals surface area contributed by atoms with Crippen LogP contribution < -0.4 is 11.2 Å². The summed E-state index contributed by atoms with van der Waals surface area (Å²) in [5.74, 6) is 0. The summed E-state index contributed by atoms with van der Waals surface area (Å²) in [6, 6.07) is 5.74. The van der Waals surface area contributed by atoms with E-state index in [1.807, 2.05) is 18.2 Å². The minimum absolute atomic E-state index is 0.306. The Balaban J connectivity index is 2.39. The molecule has 19 heavy (non-hydrogen) atoms. The van der Waals surface area contributed by atoms with Crippen LogP contribution in [0.4, 0.5) is 0 Å². The topological polar surface area (TPSA) is 59.8 Å². The molecule has 3 aromatic heterocycles. The number of aryl methyl sites for hydroxylation is 1. The minimum Gasteiger partial charge on any atom is -0.348 e. The van der Waals surface area contributed by atoms with E-state index in [-0.39, 0.29) is 11.2 Å². The van der Waals surface area contributed by atoms with Gasteiger partial charge in [-0.1, -0.05) is 0 Å². The molecule has 0 atom stereocenters. The third-order valence-corrected chi connectivity index (χ3v) is 4.75. The van der Waals surface area contributed by atoms with Gasteiger partial charge in [-0.05, 0) is 34.1 Å². The zero-order valence-electron chi connectivity index (χ0n) is 10.2. The molecule has 0 saturated carbocycles. The smallest absolute Gasteiger partial charge is 0.331 e. The molecule has 0 aliphatic carbocycles. The first-order chi connectivity index (χ1) is 8.99. The molecule has 0 saturated heterocycles. The molecular weight excluding hydrogens is 330 g/mol. The van der Waals surface area contributed by atoms with Crippen LogP contribution in [0.15, 0.2) is 31.6 Å². The summed E-state index contributed by atoms with van der Waals surface area (Å²) in [4.78, 5) is 28.0. The highest BCUT2D eigenvalue weighted by molar-refractivity contribution is 9.11. The normalized spacial score (nSPS) is 11.3. The number of nitrogens with zero attached hydrogens (tertiary/aromatic N) is 2. The molecule has 0 amide bonds. The second kappa shape index (κ2) is 4.21. The van der Waals surface area contributed by atoms with E-state index in [1.165, 1.54) is 11.6 Å². The van der Waals surface area contributed by atoms with Crippen LogP contribution in [0.1, 0.15) is 0 Å². The summed E-state index contributed by atoms with van der Waals surface area (Å²) < 4.78 is 3.59. The number of nitrogens with one attached hydrogen (secondary N) is 1. The number of halogens is 1. The van der Waals surface area contributed by atoms with Crippen molar-refractivity contribution >= 4 is 38.3 Å². The average molecular weight is 340 g/mol. The number of thiophene rings is 1. The molecule has 0 unspecified atom stereocenters. The number of aromatic amines is 1. The monoisotopic (exact) mass is 339 g/mol. The summed E-state index contributed by atoms with van der Waals surface area (Å²) in [5.41, 5.74) is 1.27. The number of rotatable bonds is 1. The molecule has 0 aliphatic heterocycles. The van der Waals surface area contributed by atoms with Gasteiger partial charge >= 0.3 is 5.69 Å². The highest BCUT2D eigenvalue weighted by Crippen LogP contribution is 2.31. The predicted octanol–water partition coefficient (Wildman–Crippen LogP) is 2.06. The fourth-order valence-electron chi connectivity index (χ4n) is 2.05. The molecule has 0 spiro atoms. The quantitative estimate of drug-likeness (QED) is 0.737. The summed E-state index contributed by atoms with van der Waals surface area (Å²) in [5, 5.41) is 0. The first kappa shape index (κ1) is 12.4. The predicted molar refractivity (Wildman–Crippen MR) is 79.8 cm³/mol. The van der Waals surface area contributed by atoms with Crippen LogP contribution in [0, 0.1) is 0 Å². The lowest BCUT2D eigenvalue weighted by Crippen LogP contribution is -2.36. The van der Waals surface area contributed by atoms with Gasteiger partial charge in [0, 0.05) is 14.1 Å². The standard InChI is InChI=1S/C12H10BrN3O2S/c1-15-7-5-6(8-3-4-9(13)19-8)14-10(7)11(17)16(2)12(15)18/h3-5,14H,1-2H3. The second-order valence-corrected chi connectivity index (χ2v) is 6.72. The highest BCUT2D eigenvalue weighted by atomic mass is 79.9. The lowest BCUT2D eigenvalue weighted by Gasteiger charge is -2.02. The molecule has 0 radical (unpaired) electrons. The van der Waals surface area contributed by atoms with E-state index in [4.69, 9.17) is 0 Å². The van der Waals surface area contributed by atoms with Crippen LogP contribution in [-0.2, 0) is 14.1 Å². The SMILES string of the molecule is Cn1c(=O)c2[nH]c(-c3ccc(Br)s3)cc2n(C)c1=O. The molecule has 3 rings (SSSR count). The van der Waals surface area contributed by atoms with Crippen LogP contribution >= 0.6 is 27.3 Å². The van der Waals surface area contributed by atoms with Gasteiger partial charge in [-0.2, -0.15) is 0 Å². The molecule has 5 nitrogen and oxygen atoms in total. The number of fused-ring (bicyclic) bond motifs is 1. The lowest BCUT2D eigenvalue weighted by atomic mass is 10.3. The first-order valence-corrected chi connectivity index (χ1v) is 7.14. The van der Waals surface area contributed by atoms with E-state index in [2.05, 4.69) is 20.9 Å². The van der Waals surface area contributed by atoms with Crippen molar-refractivity contribution in [3.05, 3.63) is 42.8 Å². The van der Waals surface area contributed by atoms with Crippen LogP contribution in [0.3, 0.4) is 0 Å². The summed E-state index contributed by atoms with van der Waals surface area (Å²) >= 11 is 4.97. The maximum atomic E-state index is 12.1. The van der Waals surface area contributed by atoms with Crippen LogP contribution in [-0.4, -0.2) is 14.1 Å². The van der Waals surface area contributed by atoms with Crippen molar-refractivity contribution in [2.24, 2.45) is 14.1 Å². The molecule has 0 aromatic carbocycles. The van der Waals surface area contributed by atoms with Crippen molar-refractivity contribution in [2.75, 3.05) is 0 Å². The van der Waals surface area contributed by atoms with Crippen molar-refractivity contribution in [3.63, 3.8) is 0 Å². The second-order valence-electron chi connectivity index (χ2n) is 4.25. The summed E-state index contributed by atoms with van der Waals surface area (Å²) in [6.45, 7) is 0. The van der Waals surface area contributed by atoms with E-state index >= 15 is 0 Å². The summed E-state index contributed by atoms with van der Waals surface area (Å²) in [7, 11) is 3.14. The van der Waals surface area contributed by atoms with Crippen molar-refractivity contribution in [1.82, 2.24) is 14.1 Å². The maximum Gasteiger partial charge on any atom is 0.331 e. The van der Waals surface area contributed by atoms with Crippen molar-refractivity contribution in [1.29, 1.82) is 0 Å². The van der Waals surface area contributed by atoms with E-state index in [0.717, 1.165) is 18.9 Å². The van der Waals surface area contributed by atoms with Crippen molar-refractivity contribution in [3.8, 4) is 10.6 Å². The molecule has 0 fully saturated rings. The van der Waals surface area contributed by atoms with Gasteiger partial charge < -0.3 is 4.98 Å². The molecule has 3 aromatic rings. The van der Waals surface area contributed by atoms with Crippen molar-refractivity contribution in [2.45, 2.75) is 0 Å². The Bertz CT molecular complexity index is 900. The number of H-pyrrole nitrogens is 1. The van der Waals surface area contributed by atoms with Crippen LogP contribution in [0.2, 0.25) is 0 Å². The molecule has 3 heterocycles. The first-order valence-electron chi connectivity index (χ1n) is 5.53. The third kappa shape index (κ3) is 1.81. The zero-order chi connectivity index (χ0) is 13.7.